The van der Waals surface area contributed by atoms with Crippen LogP contribution in [0.3, 0.4) is 0 Å². The minimum absolute atomic E-state index is 0.468. The second kappa shape index (κ2) is 5.88. The van der Waals surface area contributed by atoms with Crippen LogP contribution in [0.15, 0.2) is 65.7 Å². The molecule has 0 atom stereocenters. The fourth-order valence-electron chi connectivity index (χ4n) is 1.77. The van der Waals surface area contributed by atoms with Crippen LogP contribution in [0.5, 0.6) is 5.75 Å². The summed E-state index contributed by atoms with van der Waals surface area (Å²) in [6.45, 7) is 0.468. The molecule has 3 rings (SSSR count). The van der Waals surface area contributed by atoms with Gasteiger partial charge in [0.05, 0.1) is 18.1 Å². The molecule has 0 unspecified atom stereocenters. The van der Waals surface area contributed by atoms with Gasteiger partial charge in [0.25, 0.3) is 0 Å². The predicted molar refractivity (Wildman–Crippen MR) is 79.8 cm³/mol. The second-order valence-corrected chi connectivity index (χ2v) is 5.05. The average Bonchev–Trinajstić information content (AvgIpc) is 2.97. The van der Waals surface area contributed by atoms with Crippen molar-refractivity contribution in [3.8, 4) is 11.4 Å². The van der Waals surface area contributed by atoms with Gasteiger partial charge < -0.3 is 4.74 Å². The molecule has 5 heteroatoms. The average molecular weight is 330 g/mol. The highest BCUT2D eigenvalue weighted by molar-refractivity contribution is 9.10. The Morgan fingerprint density at radius 3 is 2.65 bits per heavy atom. The molecule has 0 spiro atoms. The Morgan fingerprint density at radius 1 is 1.05 bits per heavy atom. The van der Waals surface area contributed by atoms with Crippen molar-refractivity contribution in [2.75, 3.05) is 0 Å². The maximum absolute atomic E-state index is 5.66. The fourth-order valence-corrected chi connectivity index (χ4v) is 2.01. The number of aromatic nitrogens is 3. The first-order valence-corrected chi connectivity index (χ1v) is 6.94. The Balaban J connectivity index is 1.67. The minimum atomic E-state index is 0.468. The van der Waals surface area contributed by atoms with Crippen LogP contribution in [-0.4, -0.2) is 14.8 Å². The van der Waals surface area contributed by atoms with Crippen molar-refractivity contribution in [2.24, 2.45) is 0 Å². The maximum Gasteiger partial charge on any atom is 0.138 e. The zero-order valence-corrected chi connectivity index (χ0v) is 12.2. The molecule has 0 aliphatic rings. The van der Waals surface area contributed by atoms with Gasteiger partial charge in [-0.05, 0) is 40.2 Å². The molecule has 2 heterocycles. The van der Waals surface area contributed by atoms with Crippen LogP contribution in [0.1, 0.15) is 5.56 Å². The minimum Gasteiger partial charge on any atom is -0.487 e. The van der Waals surface area contributed by atoms with E-state index in [1.54, 1.807) is 12.4 Å². The molecule has 100 valence electrons. The van der Waals surface area contributed by atoms with E-state index in [0.29, 0.717) is 6.61 Å². The number of benzene rings is 1. The van der Waals surface area contributed by atoms with Crippen LogP contribution in [0.25, 0.3) is 5.69 Å². The standard InChI is InChI=1S/C15H12BrN3O/c16-15-7-6-14(9-17-15)20-11-12-8-18-19(10-12)13-4-2-1-3-5-13/h1-10H,11H2. The normalized spacial score (nSPS) is 10.4. The van der Waals surface area contributed by atoms with Crippen LogP contribution < -0.4 is 4.74 Å². The van der Waals surface area contributed by atoms with Gasteiger partial charge in [0.2, 0.25) is 0 Å². The number of ether oxygens (including phenoxy) is 1. The molecular formula is C15H12BrN3O. The van der Waals surface area contributed by atoms with E-state index in [1.807, 2.05) is 53.3 Å². The van der Waals surface area contributed by atoms with E-state index >= 15 is 0 Å². The summed E-state index contributed by atoms with van der Waals surface area (Å²) in [4.78, 5) is 4.12. The summed E-state index contributed by atoms with van der Waals surface area (Å²) in [5, 5.41) is 4.33. The van der Waals surface area contributed by atoms with Crippen LogP contribution in [0.2, 0.25) is 0 Å². The number of hydrogen-bond acceptors (Lipinski definition) is 3. The molecule has 4 nitrogen and oxygen atoms in total. The zero-order valence-electron chi connectivity index (χ0n) is 10.6. The third kappa shape index (κ3) is 3.05. The molecule has 0 aliphatic carbocycles. The highest BCUT2D eigenvalue weighted by atomic mass is 79.9. The smallest absolute Gasteiger partial charge is 0.138 e. The molecular weight excluding hydrogens is 318 g/mol. The topological polar surface area (TPSA) is 39.9 Å². The van der Waals surface area contributed by atoms with Gasteiger partial charge in [-0.25, -0.2) is 9.67 Å². The van der Waals surface area contributed by atoms with E-state index in [-0.39, 0.29) is 0 Å². The molecule has 0 radical (unpaired) electrons. The van der Waals surface area contributed by atoms with Crippen molar-refractivity contribution in [3.05, 3.63) is 71.2 Å². The Hall–Kier alpha value is -2.14. The molecule has 0 amide bonds. The van der Waals surface area contributed by atoms with E-state index in [2.05, 4.69) is 26.0 Å². The number of halogens is 1. The van der Waals surface area contributed by atoms with Gasteiger partial charge in [0.15, 0.2) is 0 Å². The van der Waals surface area contributed by atoms with E-state index in [9.17, 15) is 0 Å². The quantitative estimate of drug-likeness (QED) is 0.686. The summed E-state index contributed by atoms with van der Waals surface area (Å²) in [6.07, 6.45) is 5.45. The fraction of sp³-hybridized carbons (Fsp3) is 0.0667. The van der Waals surface area contributed by atoms with Crippen LogP contribution >= 0.6 is 15.9 Å². The zero-order chi connectivity index (χ0) is 13.8. The summed E-state index contributed by atoms with van der Waals surface area (Å²) >= 11 is 3.29. The summed E-state index contributed by atoms with van der Waals surface area (Å²) in [7, 11) is 0. The third-order valence-electron chi connectivity index (χ3n) is 2.76. The SMILES string of the molecule is Brc1ccc(OCc2cnn(-c3ccccc3)c2)cn1. The molecule has 0 N–H and O–H groups in total. The molecule has 20 heavy (non-hydrogen) atoms. The lowest BCUT2D eigenvalue weighted by Gasteiger charge is -2.03. The van der Waals surface area contributed by atoms with E-state index < -0.39 is 0 Å². The molecule has 0 fully saturated rings. The molecule has 3 aromatic rings. The van der Waals surface area contributed by atoms with Crippen LogP contribution in [-0.2, 0) is 6.61 Å². The number of para-hydroxylation sites is 1. The molecule has 0 saturated carbocycles. The number of pyridine rings is 1. The van der Waals surface area contributed by atoms with Crippen molar-refractivity contribution in [2.45, 2.75) is 6.61 Å². The first kappa shape index (κ1) is 12.9. The molecule has 2 aromatic heterocycles. The van der Waals surface area contributed by atoms with Crippen LogP contribution in [0, 0.1) is 0 Å². The lowest BCUT2D eigenvalue weighted by atomic mass is 10.3. The molecule has 1 aromatic carbocycles. The van der Waals surface area contributed by atoms with Crippen LogP contribution in [0.4, 0.5) is 0 Å². The Labute approximate surface area is 125 Å². The van der Waals surface area contributed by atoms with E-state index in [1.165, 1.54) is 0 Å². The predicted octanol–water partition coefficient (Wildman–Crippen LogP) is 3.61. The summed E-state index contributed by atoms with van der Waals surface area (Å²) in [6, 6.07) is 13.7. The maximum atomic E-state index is 5.66. The second-order valence-electron chi connectivity index (χ2n) is 4.23. The number of hydrogen-bond donors (Lipinski definition) is 0. The monoisotopic (exact) mass is 329 g/mol. The number of nitrogens with zero attached hydrogens (tertiary/aromatic N) is 3. The first-order chi connectivity index (χ1) is 9.81. The van der Waals surface area contributed by atoms with Gasteiger partial charge in [-0.2, -0.15) is 5.10 Å². The Bertz CT molecular complexity index is 680. The van der Waals surface area contributed by atoms with E-state index in [0.717, 1.165) is 21.6 Å². The van der Waals surface area contributed by atoms with Gasteiger partial charge in [-0.3, -0.25) is 0 Å². The van der Waals surface area contributed by atoms with Gasteiger partial charge in [0, 0.05) is 11.8 Å². The van der Waals surface area contributed by atoms with Crippen molar-refractivity contribution in [1.29, 1.82) is 0 Å². The molecule has 0 aliphatic heterocycles. The van der Waals surface area contributed by atoms with Gasteiger partial charge >= 0.3 is 0 Å². The highest BCUT2D eigenvalue weighted by Gasteiger charge is 2.02. The van der Waals surface area contributed by atoms with Crippen molar-refractivity contribution < 1.29 is 4.74 Å². The lowest BCUT2D eigenvalue weighted by Crippen LogP contribution is -1.95. The lowest BCUT2D eigenvalue weighted by molar-refractivity contribution is 0.305. The summed E-state index contributed by atoms with van der Waals surface area (Å²) in [5.41, 5.74) is 2.04. The first-order valence-electron chi connectivity index (χ1n) is 6.14. The van der Waals surface area contributed by atoms with Gasteiger partial charge in [-0.1, -0.05) is 18.2 Å². The summed E-state index contributed by atoms with van der Waals surface area (Å²) < 4.78 is 8.28. The van der Waals surface area contributed by atoms with Gasteiger partial charge in [0.1, 0.15) is 17.0 Å². The number of rotatable bonds is 4. The molecule has 0 saturated heterocycles. The van der Waals surface area contributed by atoms with E-state index in [4.69, 9.17) is 4.74 Å². The Morgan fingerprint density at radius 2 is 1.90 bits per heavy atom. The molecule has 0 bridgehead atoms. The third-order valence-corrected chi connectivity index (χ3v) is 3.23. The van der Waals surface area contributed by atoms with Gasteiger partial charge in [-0.15, -0.1) is 0 Å². The van der Waals surface area contributed by atoms with Crippen molar-refractivity contribution in [3.63, 3.8) is 0 Å². The Kier molecular flexibility index (Phi) is 3.78. The summed E-state index contributed by atoms with van der Waals surface area (Å²) in [5.74, 6) is 0.737. The van der Waals surface area contributed by atoms with Crippen molar-refractivity contribution >= 4 is 15.9 Å². The highest BCUT2D eigenvalue weighted by Crippen LogP contribution is 2.15. The largest absolute Gasteiger partial charge is 0.487 e. The van der Waals surface area contributed by atoms with Crippen molar-refractivity contribution in [1.82, 2.24) is 14.8 Å².